The number of carbonyl (C=O) groups excluding carboxylic acids is 1. The SMILES string of the molecule is CCC/C(O)=C(\C=Nc1ccccc1F)C(=O)OCC. The van der Waals surface area contributed by atoms with Crippen LogP contribution >= 0.6 is 0 Å². The highest BCUT2D eigenvalue weighted by Gasteiger charge is 2.14. The molecule has 0 saturated carbocycles. The molecular formula is C15H18FNO3. The van der Waals surface area contributed by atoms with Gasteiger partial charge in [0.2, 0.25) is 0 Å². The van der Waals surface area contributed by atoms with E-state index in [1.54, 1.807) is 19.1 Å². The third-order valence-electron chi connectivity index (χ3n) is 2.48. The largest absolute Gasteiger partial charge is 0.511 e. The molecule has 0 aliphatic heterocycles. The number of aliphatic imine (C=N–C) groups is 1. The number of hydrogen-bond donors (Lipinski definition) is 1. The van der Waals surface area contributed by atoms with Crippen molar-refractivity contribution >= 4 is 17.9 Å². The molecule has 0 aliphatic rings. The Morgan fingerprint density at radius 1 is 1.40 bits per heavy atom. The average Bonchev–Trinajstić information content (AvgIpc) is 2.41. The quantitative estimate of drug-likeness (QED) is 0.374. The maximum Gasteiger partial charge on any atom is 0.343 e. The van der Waals surface area contributed by atoms with E-state index in [1.807, 2.05) is 6.92 Å². The second-order valence-electron chi connectivity index (χ2n) is 4.04. The summed E-state index contributed by atoms with van der Waals surface area (Å²) in [5.41, 5.74) is 0.0514. The number of aliphatic hydroxyl groups is 1. The van der Waals surface area contributed by atoms with Gasteiger partial charge in [0.25, 0.3) is 0 Å². The van der Waals surface area contributed by atoms with Gasteiger partial charge in [0, 0.05) is 12.6 Å². The van der Waals surface area contributed by atoms with Crippen LogP contribution in [-0.2, 0) is 9.53 Å². The van der Waals surface area contributed by atoms with Crippen molar-refractivity contribution in [2.75, 3.05) is 6.61 Å². The molecule has 0 atom stereocenters. The highest BCUT2D eigenvalue weighted by Crippen LogP contribution is 2.17. The standard InChI is InChI=1S/C15H18FNO3/c1-3-7-14(18)11(15(19)20-4-2)10-17-13-9-6-5-8-12(13)16/h5-6,8-10,18H,3-4,7H2,1-2H3/b14-11-,17-10?. The van der Waals surface area contributed by atoms with Crippen molar-refractivity contribution in [1.82, 2.24) is 0 Å². The van der Waals surface area contributed by atoms with Gasteiger partial charge in [0.1, 0.15) is 17.1 Å². The smallest absolute Gasteiger partial charge is 0.343 e. The predicted molar refractivity (Wildman–Crippen MR) is 75.7 cm³/mol. The fourth-order valence-electron chi connectivity index (χ4n) is 1.52. The van der Waals surface area contributed by atoms with Crippen molar-refractivity contribution in [3.63, 3.8) is 0 Å². The number of allylic oxidation sites excluding steroid dienone is 1. The monoisotopic (exact) mass is 279 g/mol. The third kappa shape index (κ3) is 4.50. The number of hydrogen-bond acceptors (Lipinski definition) is 4. The summed E-state index contributed by atoms with van der Waals surface area (Å²) in [6, 6.07) is 5.93. The van der Waals surface area contributed by atoms with Gasteiger partial charge in [-0.05, 0) is 25.5 Å². The van der Waals surface area contributed by atoms with Gasteiger partial charge in [-0.25, -0.2) is 9.18 Å². The molecular weight excluding hydrogens is 261 g/mol. The minimum atomic E-state index is -0.668. The first kappa shape index (κ1) is 15.9. The maximum atomic E-state index is 13.4. The van der Waals surface area contributed by atoms with Crippen LogP contribution in [0.5, 0.6) is 0 Å². The molecule has 1 aromatic rings. The van der Waals surface area contributed by atoms with Gasteiger partial charge in [0.15, 0.2) is 0 Å². The van der Waals surface area contributed by atoms with Gasteiger partial charge in [-0.15, -0.1) is 0 Å². The Kier molecular flexibility index (Phi) is 6.43. The summed E-state index contributed by atoms with van der Waals surface area (Å²) in [5, 5.41) is 9.85. The lowest BCUT2D eigenvalue weighted by Gasteiger charge is -2.05. The molecule has 0 fully saturated rings. The minimum Gasteiger partial charge on any atom is -0.511 e. The van der Waals surface area contributed by atoms with Crippen LogP contribution in [0.3, 0.4) is 0 Å². The number of rotatable bonds is 6. The van der Waals surface area contributed by atoms with E-state index in [0.29, 0.717) is 12.8 Å². The summed E-state index contributed by atoms with van der Waals surface area (Å²) in [4.78, 5) is 15.6. The fourth-order valence-corrected chi connectivity index (χ4v) is 1.52. The van der Waals surface area contributed by atoms with Crippen molar-refractivity contribution < 1.29 is 19.0 Å². The molecule has 0 amide bonds. The van der Waals surface area contributed by atoms with Crippen molar-refractivity contribution in [2.45, 2.75) is 26.7 Å². The molecule has 1 rings (SSSR count). The summed E-state index contributed by atoms with van der Waals surface area (Å²) < 4.78 is 18.3. The summed E-state index contributed by atoms with van der Waals surface area (Å²) in [6.07, 6.45) is 2.14. The Labute approximate surface area is 117 Å². The van der Waals surface area contributed by atoms with Crippen LogP contribution in [0.2, 0.25) is 0 Å². The third-order valence-corrected chi connectivity index (χ3v) is 2.48. The number of benzene rings is 1. The number of esters is 1. The van der Waals surface area contributed by atoms with E-state index in [1.165, 1.54) is 12.1 Å². The molecule has 0 bridgehead atoms. The van der Waals surface area contributed by atoms with Crippen LogP contribution in [0.25, 0.3) is 0 Å². The van der Waals surface area contributed by atoms with Gasteiger partial charge in [-0.2, -0.15) is 0 Å². The van der Waals surface area contributed by atoms with Crippen LogP contribution in [-0.4, -0.2) is 23.9 Å². The molecule has 0 unspecified atom stereocenters. The maximum absolute atomic E-state index is 13.4. The van der Waals surface area contributed by atoms with Crippen LogP contribution in [0.15, 0.2) is 40.6 Å². The molecule has 108 valence electrons. The lowest BCUT2D eigenvalue weighted by Crippen LogP contribution is -2.11. The molecule has 1 aromatic carbocycles. The Hall–Kier alpha value is -2.17. The summed E-state index contributed by atoms with van der Waals surface area (Å²) in [7, 11) is 0. The van der Waals surface area contributed by atoms with Crippen molar-refractivity contribution in [3.05, 3.63) is 41.4 Å². The number of carbonyl (C=O) groups is 1. The molecule has 0 aromatic heterocycles. The molecule has 5 heteroatoms. The first-order valence-electron chi connectivity index (χ1n) is 6.48. The Morgan fingerprint density at radius 2 is 2.10 bits per heavy atom. The zero-order valence-electron chi connectivity index (χ0n) is 11.6. The number of halogens is 1. The highest BCUT2D eigenvalue weighted by molar-refractivity contribution is 6.10. The summed E-state index contributed by atoms with van der Waals surface area (Å²) in [6.45, 7) is 3.72. The number of ether oxygens (including phenoxy) is 1. The van der Waals surface area contributed by atoms with Crippen molar-refractivity contribution in [3.8, 4) is 0 Å². The van der Waals surface area contributed by atoms with Crippen molar-refractivity contribution in [2.24, 2.45) is 4.99 Å². The van der Waals surface area contributed by atoms with E-state index in [4.69, 9.17) is 4.74 Å². The first-order valence-corrected chi connectivity index (χ1v) is 6.48. The van der Waals surface area contributed by atoms with E-state index in [9.17, 15) is 14.3 Å². The van der Waals surface area contributed by atoms with Gasteiger partial charge in [-0.1, -0.05) is 19.1 Å². The molecule has 0 aliphatic carbocycles. The molecule has 0 saturated heterocycles. The molecule has 20 heavy (non-hydrogen) atoms. The average molecular weight is 279 g/mol. The lowest BCUT2D eigenvalue weighted by atomic mass is 10.1. The Bertz CT molecular complexity index is 524. The lowest BCUT2D eigenvalue weighted by molar-refractivity contribution is -0.138. The predicted octanol–water partition coefficient (Wildman–Crippen LogP) is 3.70. The van der Waals surface area contributed by atoms with E-state index >= 15 is 0 Å². The van der Waals surface area contributed by atoms with E-state index < -0.39 is 11.8 Å². The zero-order chi connectivity index (χ0) is 15.0. The Morgan fingerprint density at radius 3 is 2.70 bits per heavy atom. The topological polar surface area (TPSA) is 58.9 Å². The number of para-hydroxylation sites is 1. The number of nitrogens with zero attached hydrogens (tertiary/aromatic N) is 1. The van der Waals surface area contributed by atoms with Crippen molar-refractivity contribution in [1.29, 1.82) is 0 Å². The van der Waals surface area contributed by atoms with Crippen LogP contribution in [0, 0.1) is 5.82 Å². The Balaban J connectivity index is 3.04. The molecule has 1 N–H and O–H groups in total. The first-order chi connectivity index (χ1) is 9.60. The minimum absolute atomic E-state index is 0.0445. The van der Waals surface area contributed by atoms with E-state index in [-0.39, 0.29) is 23.6 Å². The second kappa shape index (κ2) is 8.09. The molecule has 4 nitrogen and oxygen atoms in total. The number of aliphatic hydroxyl groups excluding tert-OH is 1. The van der Waals surface area contributed by atoms with Gasteiger partial charge in [0.05, 0.1) is 12.3 Å². The molecule has 0 radical (unpaired) electrons. The highest BCUT2D eigenvalue weighted by atomic mass is 19.1. The van der Waals surface area contributed by atoms with E-state index in [2.05, 4.69) is 4.99 Å². The normalized spacial score (nSPS) is 12.3. The van der Waals surface area contributed by atoms with Gasteiger partial charge in [-0.3, -0.25) is 4.99 Å². The van der Waals surface area contributed by atoms with E-state index in [0.717, 1.165) is 6.21 Å². The zero-order valence-corrected chi connectivity index (χ0v) is 11.6. The summed E-state index contributed by atoms with van der Waals surface area (Å²) in [5.74, 6) is -1.27. The molecule has 0 heterocycles. The summed E-state index contributed by atoms with van der Waals surface area (Å²) >= 11 is 0. The van der Waals surface area contributed by atoms with Crippen LogP contribution in [0.1, 0.15) is 26.7 Å². The van der Waals surface area contributed by atoms with Crippen LogP contribution in [0.4, 0.5) is 10.1 Å². The van der Waals surface area contributed by atoms with Gasteiger partial charge >= 0.3 is 5.97 Å². The molecule has 0 spiro atoms. The van der Waals surface area contributed by atoms with Gasteiger partial charge < -0.3 is 9.84 Å². The second-order valence-corrected chi connectivity index (χ2v) is 4.04. The van der Waals surface area contributed by atoms with Crippen LogP contribution < -0.4 is 0 Å². The fraction of sp³-hybridized carbons (Fsp3) is 0.333.